The first-order valence-corrected chi connectivity index (χ1v) is 3.89. The molecule has 0 aliphatic carbocycles. The number of nitrogens with zero attached hydrogens (tertiary/aromatic N) is 1. The van der Waals surface area contributed by atoms with Crippen molar-refractivity contribution in [2.75, 3.05) is 12.3 Å². The number of rotatable bonds is 3. The van der Waals surface area contributed by atoms with Crippen LogP contribution >= 0.6 is 0 Å². The zero-order valence-corrected chi connectivity index (χ0v) is 7.34. The van der Waals surface area contributed by atoms with E-state index in [1.807, 2.05) is 0 Å². The Morgan fingerprint density at radius 1 is 1.57 bits per heavy atom. The monoisotopic (exact) mass is 194 g/mol. The van der Waals surface area contributed by atoms with Gasteiger partial charge < -0.3 is 15.9 Å². The summed E-state index contributed by atoms with van der Waals surface area (Å²) in [6.07, 6.45) is 1.28. The van der Waals surface area contributed by atoms with E-state index in [0.29, 0.717) is 11.3 Å². The van der Waals surface area contributed by atoms with Gasteiger partial charge in [-0.25, -0.2) is 0 Å². The van der Waals surface area contributed by atoms with Crippen LogP contribution in [-0.2, 0) is 4.79 Å². The van der Waals surface area contributed by atoms with Crippen LogP contribution in [0.1, 0.15) is 5.56 Å². The Labute approximate surface area is 80.5 Å². The van der Waals surface area contributed by atoms with Crippen molar-refractivity contribution in [3.63, 3.8) is 0 Å². The van der Waals surface area contributed by atoms with Crippen molar-refractivity contribution >= 4 is 17.9 Å². The van der Waals surface area contributed by atoms with Crippen molar-refractivity contribution in [2.45, 2.75) is 0 Å². The van der Waals surface area contributed by atoms with Gasteiger partial charge in [0.15, 0.2) is 0 Å². The lowest BCUT2D eigenvalue weighted by Gasteiger charge is -1.99. The molecule has 0 radical (unpaired) electrons. The molecule has 5 nitrogen and oxygen atoms in total. The fourth-order valence-electron chi connectivity index (χ4n) is 0.898. The summed E-state index contributed by atoms with van der Waals surface area (Å²) in [5.74, 6) is -1.00. The molecule has 0 saturated heterocycles. The summed E-state index contributed by atoms with van der Waals surface area (Å²) >= 11 is 0. The van der Waals surface area contributed by atoms with Crippen molar-refractivity contribution in [3.05, 3.63) is 23.8 Å². The maximum atomic E-state index is 10.1. The van der Waals surface area contributed by atoms with Crippen LogP contribution in [0.5, 0.6) is 5.75 Å². The molecule has 0 fully saturated rings. The Morgan fingerprint density at radius 2 is 2.29 bits per heavy atom. The van der Waals surface area contributed by atoms with Gasteiger partial charge in [-0.05, 0) is 18.2 Å². The largest absolute Gasteiger partial charge is 0.507 e. The standard InChI is InChI=1S/C9H10N2O3/c10-7-1-2-8(12)6(3-7)4-11-5-9(13)14/h1-4,12H,5,10H2,(H,13,14). The number of carboxylic acid groups (broad SMARTS) is 1. The van der Waals surface area contributed by atoms with Crippen LogP contribution in [0, 0.1) is 0 Å². The van der Waals surface area contributed by atoms with Gasteiger partial charge in [0, 0.05) is 17.5 Å². The lowest BCUT2D eigenvalue weighted by molar-refractivity contribution is -0.135. The number of aliphatic carboxylic acids is 1. The zero-order valence-electron chi connectivity index (χ0n) is 7.34. The fraction of sp³-hybridized carbons (Fsp3) is 0.111. The van der Waals surface area contributed by atoms with E-state index in [0.717, 1.165) is 0 Å². The summed E-state index contributed by atoms with van der Waals surface area (Å²) in [6, 6.07) is 4.49. The van der Waals surface area contributed by atoms with Crippen LogP contribution in [0.2, 0.25) is 0 Å². The molecule has 0 spiro atoms. The third-order valence-corrected chi connectivity index (χ3v) is 1.51. The summed E-state index contributed by atoms with van der Waals surface area (Å²) < 4.78 is 0. The molecule has 0 unspecified atom stereocenters. The molecule has 1 aromatic carbocycles. The summed E-state index contributed by atoms with van der Waals surface area (Å²) in [5, 5.41) is 17.6. The second kappa shape index (κ2) is 4.27. The van der Waals surface area contributed by atoms with Crippen molar-refractivity contribution in [1.29, 1.82) is 0 Å². The molecule has 1 aromatic rings. The number of aliphatic imine (C=N–C) groups is 1. The smallest absolute Gasteiger partial charge is 0.325 e. The molecule has 14 heavy (non-hydrogen) atoms. The second-order valence-corrected chi connectivity index (χ2v) is 2.68. The van der Waals surface area contributed by atoms with E-state index in [4.69, 9.17) is 10.8 Å². The van der Waals surface area contributed by atoms with Crippen molar-refractivity contribution in [3.8, 4) is 5.75 Å². The average molecular weight is 194 g/mol. The first-order chi connectivity index (χ1) is 6.59. The zero-order chi connectivity index (χ0) is 10.6. The van der Waals surface area contributed by atoms with E-state index < -0.39 is 5.97 Å². The van der Waals surface area contributed by atoms with Gasteiger partial charge in [0.25, 0.3) is 0 Å². The van der Waals surface area contributed by atoms with E-state index in [-0.39, 0.29) is 12.3 Å². The van der Waals surface area contributed by atoms with Crippen LogP contribution < -0.4 is 5.73 Å². The summed E-state index contributed by atoms with van der Waals surface area (Å²) in [6.45, 7) is -0.325. The number of carbonyl (C=O) groups is 1. The summed E-state index contributed by atoms with van der Waals surface area (Å²) in [7, 11) is 0. The summed E-state index contributed by atoms with van der Waals surface area (Å²) in [4.78, 5) is 13.7. The first-order valence-electron chi connectivity index (χ1n) is 3.89. The molecule has 0 heterocycles. The number of hydrogen-bond donors (Lipinski definition) is 3. The van der Waals surface area contributed by atoms with Crippen LogP contribution in [0.4, 0.5) is 5.69 Å². The molecular weight excluding hydrogens is 184 g/mol. The minimum atomic E-state index is -1.02. The highest BCUT2D eigenvalue weighted by Crippen LogP contribution is 2.17. The number of benzene rings is 1. The molecule has 0 saturated carbocycles. The van der Waals surface area contributed by atoms with Crippen molar-refractivity contribution in [2.24, 2.45) is 4.99 Å². The Hall–Kier alpha value is -2.04. The van der Waals surface area contributed by atoms with E-state index in [2.05, 4.69) is 4.99 Å². The molecule has 4 N–H and O–H groups in total. The van der Waals surface area contributed by atoms with Crippen LogP contribution in [-0.4, -0.2) is 28.9 Å². The number of aromatic hydroxyl groups is 1. The lowest BCUT2D eigenvalue weighted by Crippen LogP contribution is -1.99. The van der Waals surface area contributed by atoms with Crippen molar-refractivity contribution < 1.29 is 15.0 Å². The van der Waals surface area contributed by atoms with Gasteiger partial charge in [0.2, 0.25) is 0 Å². The number of phenolic OH excluding ortho intramolecular Hbond substituents is 1. The van der Waals surface area contributed by atoms with E-state index in [1.165, 1.54) is 18.3 Å². The molecule has 1 rings (SSSR count). The Morgan fingerprint density at radius 3 is 2.93 bits per heavy atom. The first kappa shape index (κ1) is 10.0. The molecular formula is C9H10N2O3. The Kier molecular flexibility index (Phi) is 3.06. The van der Waals surface area contributed by atoms with Crippen LogP contribution in [0.25, 0.3) is 0 Å². The topological polar surface area (TPSA) is 95.9 Å². The van der Waals surface area contributed by atoms with Crippen LogP contribution in [0.15, 0.2) is 23.2 Å². The summed E-state index contributed by atoms with van der Waals surface area (Å²) in [5.41, 5.74) is 6.36. The van der Waals surface area contributed by atoms with Gasteiger partial charge >= 0.3 is 5.97 Å². The molecule has 0 aromatic heterocycles. The van der Waals surface area contributed by atoms with Crippen LogP contribution in [0.3, 0.4) is 0 Å². The second-order valence-electron chi connectivity index (χ2n) is 2.68. The van der Waals surface area contributed by atoms with E-state index in [1.54, 1.807) is 6.07 Å². The number of hydrogen-bond acceptors (Lipinski definition) is 4. The highest BCUT2D eigenvalue weighted by molar-refractivity contribution is 5.86. The molecule has 0 atom stereocenters. The lowest BCUT2D eigenvalue weighted by atomic mass is 10.2. The number of carboxylic acids is 1. The minimum absolute atomic E-state index is 0.0216. The predicted molar refractivity (Wildman–Crippen MR) is 52.6 cm³/mol. The van der Waals surface area contributed by atoms with E-state index >= 15 is 0 Å². The molecule has 5 heteroatoms. The SMILES string of the molecule is Nc1ccc(O)c(C=NCC(=O)O)c1. The highest BCUT2D eigenvalue weighted by Gasteiger charge is 1.98. The Balaban J connectivity index is 2.80. The van der Waals surface area contributed by atoms with Gasteiger partial charge in [0.1, 0.15) is 12.3 Å². The minimum Gasteiger partial charge on any atom is -0.507 e. The molecule has 0 bridgehead atoms. The highest BCUT2D eigenvalue weighted by atomic mass is 16.4. The quantitative estimate of drug-likeness (QED) is 0.370. The maximum Gasteiger partial charge on any atom is 0.325 e. The third-order valence-electron chi connectivity index (χ3n) is 1.51. The molecule has 0 aliphatic heterocycles. The number of anilines is 1. The van der Waals surface area contributed by atoms with Crippen molar-refractivity contribution in [1.82, 2.24) is 0 Å². The van der Waals surface area contributed by atoms with Gasteiger partial charge in [-0.2, -0.15) is 0 Å². The van der Waals surface area contributed by atoms with E-state index in [9.17, 15) is 9.90 Å². The third kappa shape index (κ3) is 2.78. The van der Waals surface area contributed by atoms with Gasteiger partial charge in [-0.3, -0.25) is 9.79 Å². The molecule has 0 amide bonds. The Bertz CT molecular complexity index is 374. The van der Waals surface area contributed by atoms with Gasteiger partial charge in [0.05, 0.1) is 0 Å². The molecule has 0 aliphatic rings. The molecule has 74 valence electrons. The average Bonchev–Trinajstić information content (AvgIpc) is 2.10. The van der Waals surface area contributed by atoms with Gasteiger partial charge in [-0.15, -0.1) is 0 Å². The van der Waals surface area contributed by atoms with Gasteiger partial charge in [-0.1, -0.05) is 0 Å². The number of nitrogens with two attached hydrogens (primary N) is 1. The maximum absolute atomic E-state index is 10.1. The fourth-order valence-corrected chi connectivity index (χ4v) is 0.898. The number of phenols is 1. The predicted octanol–water partition coefficient (Wildman–Crippen LogP) is 0.478. The normalized spacial score (nSPS) is 10.6. The number of nitrogen functional groups attached to an aromatic ring is 1.